The Kier molecular flexibility index (Phi) is 7.47. The van der Waals surface area contributed by atoms with Gasteiger partial charge in [-0.05, 0) is 25.0 Å². The lowest BCUT2D eigenvalue weighted by Gasteiger charge is -2.26. The number of anilines is 1. The monoisotopic (exact) mass is 360 g/mol. The van der Waals surface area contributed by atoms with Crippen molar-refractivity contribution in [1.29, 1.82) is 0 Å². The summed E-state index contributed by atoms with van der Waals surface area (Å²) in [4.78, 5) is 25.7. The van der Waals surface area contributed by atoms with Crippen molar-refractivity contribution >= 4 is 51.8 Å². The first-order valence-electron chi connectivity index (χ1n) is 7.30. The summed E-state index contributed by atoms with van der Waals surface area (Å²) in [6.07, 6.45) is 3.39. The summed E-state index contributed by atoms with van der Waals surface area (Å²) in [5.41, 5.74) is 0. The van der Waals surface area contributed by atoms with E-state index in [1.54, 1.807) is 11.8 Å². The lowest BCUT2D eigenvalue weighted by molar-refractivity contribution is -0.129. The van der Waals surface area contributed by atoms with E-state index in [0.717, 1.165) is 36.0 Å². The second-order valence-electron chi connectivity index (χ2n) is 4.79. The van der Waals surface area contributed by atoms with Crippen molar-refractivity contribution in [3.05, 3.63) is 0 Å². The van der Waals surface area contributed by atoms with Crippen LogP contribution < -0.4 is 5.32 Å². The standard InChI is InChI=1S/C13H20N4O2S3/c1-2-21-13-16-15-12(22-13)14-10(18)8-20-9-11(19)17-6-4-3-5-7-17/h2-9H2,1H3,(H,14,15,18). The minimum atomic E-state index is -0.138. The Morgan fingerprint density at radius 1 is 1.23 bits per heavy atom. The summed E-state index contributed by atoms with van der Waals surface area (Å²) in [6, 6.07) is 0. The van der Waals surface area contributed by atoms with Crippen LogP contribution in [0.5, 0.6) is 0 Å². The van der Waals surface area contributed by atoms with Crippen LogP contribution in [0.3, 0.4) is 0 Å². The number of carbonyl (C=O) groups excluding carboxylic acids is 2. The van der Waals surface area contributed by atoms with Crippen molar-refractivity contribution in [2.45, 2.75) is 30.5 Å². The zero-order valence-corrected chi connectivity index (χ0v) is 15.0. The maximum Gasteiger partial charge on any atom is 0.236 e. The fraction of sp³-hybridized carbons (Fsp3) is 0.692. The lowest BCUT2D eigenvalue weighted by Crippen LogP contribution is -2.37. The highest BCUT2D eigenvalue weighted by molar-refractivity contribution is 8.01. The molecule has 9 heteroatoms. The van der Waals surface area contributed by atoms with E-state index in [-0.39, 0.29) is 17.6 Å². The third-order valence-corrected chi connectivity index (χ3v) is 5.86. The molecule has 1 N–H and O–H groups in total. The first kappa shape index (κ1) is 17.6. The van der Waals surface area contributed by atoms with Gasteiger partial charge < -0.3 is 4.90 Å². The van der Waals surface area contributed by atoms with Crippen LogP contribution in [0, 0.1) is 0 Å². The topological polar surface area (TPSA) is 75.2 Å². The molecule has 0 bridgehead atoms. The molecule has 1 aliphatic rings. The van der Waals surface area contributed by atoms with Crippen LogP contribution >= 0.6 is 34.9 Å². The number of aromatic nitrogens is 2. The van der Waals surface area contributed by atoms with Gasteiger partial charge in [0.1, 0.15) is 0 Å². The highest BCUT2D eigenvalue weighted by Gasteiger charge is 2.16. The second kappa shape index (κ2) is 9.36. The van der Waals surface area contributed by atoms with Crippen LogP contribution in [0.2, 0.25) is 0 Å². The number of nitrogens with one attached hydrogen (secondary N) is 1. The van der Waals surface area contributed by atoms with E-state index in [1.165, 1.54) is 29.5 Å². The molecule has 0 aliphatic carbocycles. The highest BCUT2D eigenvalue weighted by atomic mass is 32.2. The van der Waals surface area contributed by atoms with Crippen LogP contribution in [0.15, 0.2) is 4.34 Å². The summed E-state index contributed by atoms with van der Waals surface area (Å²) < 4.78 is 0.853. The number of thioether (sulfide) groups is 2. The number of likely N-dealkylation sites (tertiary alicyclic amines) is 1. The van der Waals surface area contributed by atoms with Gasteiger partial charge >= 0.3 is 0 Å². The summed E-state index contributed by atoms with van der Waals surface area (Å²) >= 11 is 4.32. The first-order valence-corrected chi connectivity index (χ1v) is 10.3. The third-order valence-electron chi connectivity index (χ3n) is 3.09. The van der Waals surface area contributed by atoms with E-state index in [0.29, 0.717) is 10.9 Å². The molecular formula is C13H20N4O2S3. The predicted octanol–water partition coefficient (Wildman–Crippen LogP) is 2.33. The zero-order chi connectivity index (χ0) is 15.8. The van der Waals surface area contributed by atoms with Crippen molar-refractivity contribution in [2.24, 2.45) is 0 Å². The molecule has 1 aromatic heterocycles. The molecule has 0 atom stereocenters. The summed E-state index contributed by atoms with van der Waals surface area (Å²) in [5, 5.41) is 11.1. The van der Waals surface area contributed by atoms with E-state index >= 15 is 0 Å². The minimum Gasteiger partial charge on any atom is -0.342 e. The Morgan fingerprint density at radius 2 is 2.00 bits per heavy atom. The van der Waals surface area contributed by atoms with Gasteiger partial charge in [0.05, 0.1) is 11.5 Å². The Balaban J connectivity index is 1.65. The normalized spacial score (nSPS) is 14.9. The van der Waals surface area contributed by atoms with Crippen molar-refractivity contribution in [3.8, 4) is 0 Å². The average molecular weight is 361 g/mol. The largest absolute Gasteiger partial charge is 0.342 e. The van der Waals surface area contributed by atoms with Crippen molar-refractivity contribution in [3.63, 3.8) is 0 Å². The molecule has 0 radical (unpaired) electrons. The fourth-order valence-corrected chi connectivity index (χ4v) is 4.45. The van der Waals surface area contributed by atoms with Crippen LogP contribution in [0.4, 0.5) is 5.13 Å². The summed E-state index contributed by atoms with van der Waals surface area (Å²) in [5.74, 6) is 1.54. The molecule has 0 spiro atoms. The number of hydrogen-bond donors (Lipinski definition) is 1. The van der Waals surface area contributed by atoms with Gasteiger partial charge in [-0.2, -0.15) is 0 Å². The molecule has 22 heavy (non-hydrogen) atoms. The van der Waals surface area contributed by atoms with Gasteiger partial charge in [0.2, 0.25) is 16.9 Å². The summed E-state index contributed by atoms with van der Waals surface area (Å²) in [7, 11) is 0. The number of piperidine rings is 1. The fourth-order valence-electron chi connectivity index (χ4n) is 2.06. The molecule has 2 rings (SSSR count). The quantitative estimate of drug-likeness (QED) is 0.594. The smallest absolute Gasteiger partial charge is 0.236 e. The van der Waals surface area contributed by atoms with Crippen molar-refractivity contribution in [1.82, 2.24) is 15.1 Å². The molecule has 1 aromatic rings. The Morgan fingerprint density at radius 3 is 2.73 bits per heavy atom. The van der Waals surface area contributed by atoms with Gasteiger partial charge in [-0.25, -0.2) is 0 Å². The second-order valence-corrected chi connectivity index (χ2v) is 8.26. The van der Waals surface area contributed by atoms with Gasteiger partial charge in [-0.3, -0.25) is 14.9 Å². The average Bonchev–Trinajstić information content (AvgIpc) is 2.95. The SMILES string of the molecule is CCSc1nnc(NC(=O)CSCC(=O)N2CCCCC2)s1. The van der Waals surface area contributed by atoms with Gasteiger partial charge in [-0.15, -0.1) is 22.0 Å². The Labute approximate surface area is 142 Å². The van der Waals surface area contributed by atoms with Crippen molar-refractivity contribution < 1.29 is 9.59 Å². The molecule has 6 nitrogen and oxygen atoms in total. The molecular weight excluding hydrogens is 340 g/mol. The molecule has 2 heterocycles. The van der Waals surface area contributed by atoms with Crippen molar-refractivity contribution in [2.75, 3.05) is 35.7 Å². The molecule has 2 amide bonds. The predicted molar refractivity (Wildman–Crippen MR) is 92.7 cm³/mol. The summed E-state index contributed by atoms with van der Waals surface area (Å²) in [6.45, 7) is 3.75. The molecule has 1 fully saturated rings. The molecule has 0 saturated carbocycles. The molecule has 0 aromatic carbocycles. The number of carbonyl (C=O) groups is 2. The van der Waals surface area contributed by atoms with Gasteiger partial charge in [-0.1, -0.05) is 30.0 Å². The lowest BCUT2D eigenvalue weighted by atomic mass is 10.1. The Bertz CT molecular complexity index is 503. The molecule has 1 aliphatic heterocycles. The van der Waals surface area contributed by atoms with E-state index in [9.17, 15) is 9.59 Å². The zero-order valence-electron chi connectivity index (χ0n) is 12.5. The first-order chi connectivity index (χ1) is 10.7. The number of rotatable bonds is 7. The number of hydrogen-bond acceptors (Lipinski definition) is 7. The Hall–Kier alpha value is -0.800. The maximum absolute atomic E-state index is 12.0. The third kappa shape index (κ3) is 5.77. The van der Waals surface area contributed by atoms with Gasteiger partial charge in [0.25, 0.3) is 0 Å². The van der Waals surface area contributed by atoms with Gasteiger partial charge in [0.15, 0.2) is 4.34 Å². The number of amides is 2. The maximum atomic E-state index is 12.0. The molecule has 1 saturated heterocycles. The van der Waals surface area contributed by atoms with Gasteiger partial charge in [0, 0.05) is 13.1 Å². The van der Waals surface area contributed by atoms with E-state index in [1.807, 2.05) is 11.8 Å². The van der Waals surface area contributed by atoms with Crippen LogP contribution in [-0.4, -0.2) is 57.3 Å². The van der Waals surface area contributed by atoms with Crippen LogP contribution in [-0.2, 0) is 9.59 Å². The molecule has 0 unspecified atom stereocenters. The van der Waals surface area contributed by atoms with Crippen LogP contribution in [0.25, 0.3) is 0 Å². The molecule has 122 valence electrons. The van der Waals surface area contributed by atoms with Crippen LogP contribution in [0.1, 0.15) is 26.2 Å². The minimum absolute atomic E-state index is 0.134. The number of nitrogens with zero attached hydrogens (tertiary/aromatic N) is 3. The van der Waals surface area contributed by atoms with E-state index in [4.69, 9.17) is 0 Å². The highest BCUT2D eigenvalue weighted by Crippen LogP contribution is 2.25. The van der Waals surface area contributed by atoms with E-state index < -0.39 is 0 Å². The van der Waals surface area contributed by atoms with E-state index in [2.05, 4.69) is 15.5 Å².